The molecule has 2 aliphatic heterocycles. The Bertz CT molecular complexity index is 280. The zero-order chi connectivity index (χ0) is 11.5. The number of urea groups is 1. The lowest BCUT2D eigenvalue weighted by atomic mass is 10.1. The second kappa shape index (κ2) is 5.08. The Morgan fingerprint density at radius 2 is 2.25 bits per heavy atom. The second-order valence-corrected chi connectivity index (χ2v) is 6.03. The molecule has 3 atom stereocenters. The lowest BCUT2D eigenvalue weighted by Gasteiger charge is -2.09. The zero-order valence-electron chi connectivity index (χ0n) is 9.49. The van der Waals surface area contributed by atoms with Gasteiger partial charge >= 0.3 is 6.03 Å². The van der Waals surface area contributed by atoms with Gasteiger partial charge in [0.1, 0.15) is 5.78 Å². The van der Waals surface area contributed by atoms with Crippen molar-refractivity contribution in [3.8, 4) is 0 Å². The lowest BCUT2D eigenvalue weighted by Crippen LogP contribution is -2.27. The topological polar surface area (TPSA) is 58.2 Å². The Morgan fingerprint density at radius 1 is 1.44 bits per heavy atom. The van der Waals surface area contributed by atoms with E-state index in [2.05, 4.69) is 10.6 Å². The number of nitrogens with one attached hydrogen (secondary N) is 2. The summed E-state index contributed by atoms with van der Waals surface area (Å²) in [5, 5.41) is 6.75. The summed E-state index contributed by atoms with van der Waals surface area (Å²) in [5.41, 5.74) is 0. The maximum atomic E-state index is 11.0. The molecule has 3 unspecified atom stereocenters. The van der Waals surface area contributed by atoms with Crippen molar-refractivity contribution >= 4 is 23.6 Å². The molecular formula is C11H18N2O2S. The van der Waals surface area contributed by atoms with Crippen molar-refractivity contribution in [3.63, 3.8) is 0 Å². The number of ketones is 1. The average molecular weight is 242 g/mol. The summed E-state index contributed by atoms with van der Waals surface area (Å²) in [4.78, 5) is 21.8. The number of carbonyl (C=O) groups is 2. The minimum atomic E-state index is -0.0301. The number of thioether (sulfide) groups is 1. The highest BCUT2D eigenvalue weighted by molar-refractivity contribution is 8.00. The third-order valence-electron chi connectivity index (χ3n) is 3.12. The van der Waals surface area contributed by atoms with Crippen LogP contribution in [0.4, 0.5) is 4.79 Å². The molecule has 0 aromatic carbocycles. The van der Waals surface area contributed by atoms with Gasteiger partial charge in [0.05, 0.1) is 11.4 Å². The summed E-state index contributed by atoms with van der Waals surface area (Å²) in [7, 11) is 0. The Hall–Kier alpha value is -0.710. The SMILES string of the molecule is CC(=O)CCCCC1CC2NC(=O)NC2S1. The van der Waals surface area contributed by atoms with E-state index in [1.54, 1.807) is 6.92 Å². The number of rotatable bonds is 5. The number of carbonyl (C=O) groups excluding carboxylic acids is 2. The van der Waals surface area contributed by atoms with Crippen LogP contribution in [0.3, 0.4) is 0 Å². The number of unbranched alkanes of at least 4 members (excludes halogenated alkanes) is 1. The molecule has 5 heteroatoms. The molecule has 2 heterocycles. The summed E-state index contributed by atoms with van der Waals surface area (Å²) in [6.45, 7) is 1.65. The molecule has 0 aromatic rings. The van der Waals surface area contributed by atoms with E-state index < -0.39 is 0 Å². The molecule has 2 N–H and O–H groups in total. The maximum absolute atomic E-state index is 11.0. The molecule has 2 aliphatic rings. The van der Waals surface area contributed by atoms with Gasteiger partial charge < -0.3 is 15.4 Å². The quantitative estimate of drug-likeness (QED) is 0.721. The molecule has 0 saturated carbocycles. The summed E-state index contributed by atoms with van der Waals surface area (Å²) in [6, 6.07) is 0.285. The predicted octanol–water partition coefficient (Wildman–Crippen LogP) is 1.65. The van der Waals surface area contributed by atoms with Crippen LogP contribution in [-0.4, -0.2) is 28.5 Å². The number of hydrogen-bond acceptors (Lipinski definition) is 3. The van der Waals surface area contributed by atoms with Gasteiger partial charge in [0.25, 0.3) is 0 Å². The fourth-order valence-corrected chi connectivity index (χ4v) is 3.88. The van der Waals surface area contributed by atoms with Crippen molar-refractivity contribution in [1.82, 2.24) is 10.6 Å². The minimum Gasteiger partial charge on any atom is -0.332 e. The van der Waals surface area contributed by atoms with Gasteiger partial charge in [-0.1, -0.05) is 6.42 Å². The molecular weight excluding hydrogens is 224 g/mol. The van der Waals surface area contributed by atoms with Crippen LogP contribution in [0.25, 0.3) is 0 Å². The standard InChI is InChI=1S/C11H18N2O2S/c1-7(14)4-2-3-5-8-6-9-10(16-8)13-11(15)12-9/h8-10H,2-6H2,1H3,(H2,12,13,15). The number of amides is 2. The largest absolute Gasteiger partial charge is 0.332 e. The summed E-state index contributed by atoms with van der Waals surface area (Å²) in [6.07, 6.45) is 5.04. The Kier molecular flexibility index (Phi) is 3.74. The number of Topliss-reactive ketones (excluding diaryl/α,β-unsaturated/α-hetero) is 1. The van der Waals surface area contributed by atoms with Crippen molar-refractivity contribution in [2.75, 3.05) is 0 Å². The van der Waals surface area contributed by atoms with Gasteiger partial charge in [-0.3, -0.25) is 0 Å². The highest BCUT2D eigenvalue weighted by Gasteiger charge is 2.40. The van der Waals surface area contributed by atoms with E-state index >= 15 is 0 Å². The van der Waals surface area contributed by atoms with Crippen LogP contribution in [0.15, 0.2) is 0 Å². The molecule has 0 aliphatic carbocycles. The van der Waals surface area contributed by atoms with Crippen LogP contribution in [0, 0.1) is 0 Å². The van der Waals surface area contributed by atoms with E-state index in [1.165, 1.54) is 0 Å². The van der Waals surface area contributed by atoms with Gasteiger partial charge in [0, 0.05) is 11.7 Å². The molecule has 0 spiro atoms. The third kappa shape index (κ3) is 2.90. The van der Waals surface area contributed by atoms with Gasteiger partial charge in [-0.15, -0.1) is 11.8 Å². The van der Waals surface area contributed by atoms with E-state index in [0.717, 1.165) is 25.7 Å². The van der Waals surface area contributed by atoms with E-state index in [1.807, 2.05) is 11.8 Å². The first kappa shape index (κ1) is 11.8. The Morgan fingerprint density at radius 3 is 2.94 bits per heavy atom. The van der Waals surface area contributed by atoms with Crippen molar-refractivity contribution in [2.24, 2.45) is 0 Å². The first-order valence-corrected chi connectivity index (χ1v) is 6.81. The van der Waals surface area contributed by atoms with Crippen molar-refractivity contribution < 1.29 is 9.59 Å². The first-order chi connectivity index (χ1) is 7.65. The molecule has 2 amide bonds. The average Bonchev–Trinajstić information content (AvgIpc) is 2.68. The molecule has 90 valence electrons. The summed E-state index contributed by atoms with van der Waals surface area (Å²) < 4.78 is 0. The summed E-state index contributed by atoms with van der Waals surface area (Å²) in [5.74, 6) is 0.282. The predicted molar refractivity (Wildman–Crippen MR) is 64.4 cm³/mol. The van der Waals surface area contributed by atoms with Gasteiger partial charge in [-0.05, 0) is 26.2 Å². The smallest absolute Gasteiger partial charge is 0.316 e. The Labute approximate surface area is 99.9 Å². The Balaban J connectivity index is 1.63. The lowest BCUT2D eigenvalue weighted by molar-refractivity contribution is -0.117. The molecule has 0 bridgehead atoms. The fraction of sp³-hybridized carbons (Fsp3) is 0.818. The molecule has 4 nitrogen and oxygen atoms in total. The van der Waals surface area contributed by atoms with Gasteiger partial charge in [0.15, 0.2) is 0 Å². The highest BCUT2D eigenvalue weighted by atomic mass is 32.2. The molecule has 2 saturated heterocycles. The zero-order valence-corrected chi connectivity index (χ0v) is 10.3. The second-order valence-electron chi connectivity index (χ2n) is 4.59. The number of fused-ring (bicyclic) bond motifs is 1. The van der Waals surface area contributed by atoms with E-state index in [0.29, 0.717) is 17.7 Å². The monoisotopic (exact) mass is 242 g/mol. The number of hydrogen-bond donors (Lipinski definition) is 2. The normalized spacial score (nSPS) is 32.1. The van der Waals surface area contributed by atoms with Gasteiger partial charge in [0.2, 0.25) is 0 Å². The highest BCUT2D eigenvalue weighted by Crippen LogP contribution is 2.37. The van der Waals surface area contributed by atoms with Crippen LogP contribution in [0.5, 0.6) is 0 Å². The van der Waals surface area contributed by atoms with Crippen LogP contribution in [0.2, 0.25) is 0 Å². The molecule has 2 rings (SSSR count). The van der Waals surface area contributed by atoms with Crippen LogP contribution >= 0.6 is 11.8 Å². The minimum absolute atomic E-state index is 0.0301. The fourth-order valence-electron chi connectivity index (χ4n) is 2.30. The van der Waals surface area contributed by atoms with Gasteiger partial charge in [-0.25, -0.2) is 4.79 Å². The van der Waals surface area contributed by atoms with Crippen molar-refractivity contribution in [1.29, 1.82) is 0 Å². The first-order valence-electron chi connectivity index (χ1n) is 5.87. The molecule has 0 radical (unpaired) electrons. The van der Waals surface area contributed by atoms with Crippen molar-refractivity contribution in [3.05, 3.63) is 0 Å². The third-order valence-corrected chi connectivity index (χ3v) is 4.67. The molecule has 2 fully saturated rings. The van der Waals surface area contributed by atoms with Crippen LogP contribution in [0.1, 0.15) is 39.0 Å². The van der Waals surface area contributed by atoms with E-state index in [4.69, 9.17) is 0 Å². The van der Waals surface area contributed by atoms with Gasteiger partial charge in [-0.2, -0.15) is 0 Å². The van der Waals surface area contributed by atoms with E-state index in [9.17, 15) is 9.59 Å². The molecule has 16 heavy (non-hydrogen) atoms. The van der Waals surface area contributed by atoms with Crippen LogP contribution < -0.4 is 10.6 Å². The summed E-state index contributed by atoms with van der Waals surface area (Å²) >= 11 is 1.86. The van der Waals surface area contributed by atoms with Crippen LogP contribution in [-0.2, 0) is 4.79 Å². The maximum Gasteiger partial charge on any atom is 0.316 e. The van der Waals surface area contributed by atoms with Crippen molar-refractivity contribution in [2.45, 2.75) is 55.7 Å². The van der Waals surface area contributed by atoms with E-state index in [-0.39, 0.29) is 17.2 Å². The molecule has 0 aromatic heterocycles.